The van der Waals surface area contributed by atoms with Crippen LogP contribution in [0.15, 0.2) is 0 Å². The van der Waals surface area contributed by atoms with Crippen molar-refractivity contribution in [2.45, 2.75) is 64.0 Å². The van der Waals surface area contributed by atoms with E-state index in [1.807, 2.05) is 6.92 Å². The first-order valence-electron chi connectivity index (χ1n) is 9.22. The van der Waals surface area contributed by atoms with Crippen LogP contribution < -0.4 is 5.48 Å². The molecule has 0 spiro atoms. The molecule has 8 heteroatoms. The molecular formula is C17H29N3O5. The van der Waals surface area contributed by atoms with E-state index in [1.165, 1.54) is 10.4 Å². The van der Waals surface area contributed by atoms with Crippen LogP contribution in [0.2, 0.25) is 0 Å². The van der Waals surface area contributed by atoms with Crippen molar-refractivity contribution in [1.82, 2.24) is 15.3 Å². The van der Waals surface area contributed by atoms with E-state index < -0.39 is 24.0 Å². The van der Waals surface area contributed by atoms with Gasteiger partial charge in [0.2, 0.25) is 11.8 Å². The van der Waals surface area contributed by atoms with E-state index in [0.29, 0.717) is 25.8 Å². The summed E-state index contributed by atoms with van der Waals surface area (Å²) in [5.41, 5.74) is 1.41. The number of aliphatic hydroxyl groups is 1. The molecule has 3 amide bonds. The van der Waals surface area contributed by atoms with Crippen molar-refractivity contribution in [2.75, 3.05) is 19.6 Å². The van der Waals surface area contributed by atoms with Gasteiger partial charge >= 0.3 is 0 Å². The fourth-order valence-electron chi connectivity index (χ4n) is 3.74. The van der Waals surface area contributed by atoms with Crippen molar-refractivity contribution >= 4 is 17.7 Å². The molecule has 2 rings (SSSR count). The van der Waals surface area contributed by atoms with Crippen LogP contribution in [0, 0.1) is 5.92 Å². The van der Waals surface area contributed by atoms with E-state index >= 15 is 0 Å². The maximum absolute atomic E-state index is 13.0. The molecule has 8 nitrogen and oxygen atoms in total. The maximum Gasteiger partial charge on any atom is 0.272 e. The third-order valence-electron chi connectivity index (χ3n) is 5.18. The van der Waals surface area contributed by atoms with E-state index in [-0.39, 0.29) is 11.8 Å². The van der Waals surface area contributed by atoms with Crippen LogP contribution in [0.25, 0.3) is 0 Å². The highest BCUT2D eigenvalue weighted by Crippen LogP contribution is 2.26. The summed E-state index contributed by atoms with van der Waals surface area (Å²) >= 11 is 0. The zero-order chi connectivity index (χ0) is 18.4. The van der Waals surface area contributed by atoms with Crippen LogP contribution in [0.3, 0.4) is 0 Å². The Balaban J connectivity index is 2.12. The molecule has 2 fully saturated rings. The highest BCUT2D eigenvalue weighted by atomic mass is 16.5. The summed E-state index contributed by atoms with van der Waals surface area (Å²) < 4.78 is 0. The molecule has 3 N–H and O–H groups in total. The van der Waals surface area contributed by atoms with Crippen LogP contribution in [-0.2, 0) is 14.4 Å². The number of nitrogens with one attached hydrogen (secondary N) is 1. The number of rotatable bonds is 7. The molecule has 0 aliphatic carbocycles. The molecule has 2 aliphatic heterocycles. The normalized spacial score (nSPS) is 22.8. The lowest BCUT2D eigenvalue weighted by Crippen LogP contribution is -2.52. The second-order valence-corrected chi connectivity index (χ2v) is 6.89. The Bertz CT molecular complexity index is 493. The molecule has 0 aromatic carbocycles. The zero-order valence-corrected chi connectivity index (χ0v) is 14.8. The minimum atomic E-state index is -1.62. The highest BCUT2D eigenvalue weighted by Gasteiger charge is 2.42. The number of amides is 3. The monoisotopic (exact) mass is 355 g/mol. The largest absolute Gasteiger partial charge is 0.382 e. The second kappa shape index (κ2) is 9.15. The Morgan fingerprint density at radius 2 is 1.84 bits per heavy atom. The summed E-state index contributed by atoms with van der Waals surface area (Å²) in [4.78, 5) is 40.6. The van der Waals surface area contributed by atoms with Gasteiger partial charge in [0, 0.05) is 19.6 Å². The van der Waals surface area contributed by atoms with Gasteiger partial charge in [-0.15, -0.1) is 0 Å². The van der Waals surface area contributed by atoms with Gasteiger partial charge < -0.3 is 14.9 Å². The summed E-state index contributed by atoms with van der Waals surface area (Å²) in [7, 11) is 0. The molecule has 2 aliphatic rings. The smallest absolute Gasteiger partial charge is 0.272 e. The number of nitrogens with zero attached hydrogens (tertiary/aromatic N) is 2. The molecule has 0 unspecified atom stereocenters. The maximum atomic E-state index is 13.0. The van der Waals surface area contributed by atoms with Gasteiger partial charge in [-0.1, -0.05) is 19.8 Å². The highest BCUT2D eigenvalue weighted by molar-refractivity contribution is 5.92. The molecule has 2 heterocycles. The fourth-order valence-corrected chi connectivity index (χ4v) is 3.74. The number of carbonyl (C=O) groups excluding carboxylic acids is 3. The Morgan fingerprint density at radius 1 is 1.16 bits per heavy atom. The van der Waals surface area contributed by atoms with E-state index in [1.54, 1.807) is 4.90 Å². The lowest BCUT2D eigenvalue weighted by molar-refractivity contribution is -0.153. The molecule has 0 bridgehead atoms. The van der Waals surface area contributed by atoms with Gasteiger partial charge in [0.15, 0.2) is 0 Å². The van der Waals surface area contributed by atoms with Crippen LogP contribution in [0.1, 0.15) is 51.9 Å². The van der Waals surface area contributed by atoms with Crippen molar-refractivity contribution < 1.29 is 24.7 Å². The standard InChI is InChI=1S/C17H29N3O5/c1-2-3-7-12(14(21)15(22)18-25)16(23)20-11-6-8-13(20)17(24)19-9-4-5-10-19/h12-14,21,25H,2-11H2,1H3,(H,18,22)/t12-,13+,14+/m1/s1. The summed E-state index contributed by atoms with van der Waals surface area (Å²) in [5, 5.41) is 18.9. The van der Waals surface area contributed by atoms with E-state index in [4.69, 9.17) is 5.21 Å². The van der Waals surface area contributed by atoms with Gasteiger partial charge in [-0.25, -0.2) is 5.48 Å². The van der Waals surface area contributed by atoms with Crippen LogP contribution in [0.5, 0.6) is 0 Å². The minimum absolute atomic E-state index is 0.0290. The predicted molar refractivity (Wildman–Crippen MR) is 89.5 cm³/mol. The topological polar surface area (TPSA) is 110 Å². The first kappa shape index (κ1) is 19.7. The SMILES string of the molecule is CCCC[C@@H](C(=O)N1CCC[C@H]1C(=O)N1CCCC1)[C@H](O)C(=O)NO. The Morgan fingerprint density at radius 3 is 2.44 bits per heavy atom. The van der Waals surface area contributed by atoms with Crippen molar-refractivity contribution in [1.29, 1.82) is 0 Å². The Labute approximate surface area is 148 Å². The first-order chi connectivity index (χ1) is 12.0. The molecule has 25 heavy (non-hydrogen) atoms. The van der Waals surface area contributed by atoms with Crippen LogP contribution >= 0.6 is 0 Å². The van der Waals surface area contributed by atoms with Gasteiger partial charge in [0.05, 0.1) is 5.92 Å². The lowest BCUT2D eigenvalue weighted by atomic mass is 9.93. The average molecular weight is 355 g/mol. The molecule has 0 aromatic heterocycles. The number of aliphatic hydroxyl groups excluding tert-OH is 1. The molecule has 3 atom stereocenters. The molecule has 2 saturated heterocycles. The minimum Gasteiger partial charge on any atom is -0.382 e. The fraction of sp³-hybridized carbons (Fsp3) is 0.824. The van der Waals surface area contributed by atoms with Crippen molar-refractivity contribution in [3.8, 4) is 0 Å². The van der Waals surface area contributed by atoms with Crippen LogP contribution in [0.4, 0.5) is 0 Å². The van der Waals surface area contributed by atoms with Gasteiger partial charge in [0.1, 0.15) is 12.1 Å². The lowest BCUT2D eigenvalue weighted by Gasteiger charge is -2.31. The summed E-state index contributed by atoms with van der Waals surface area (Å²) in [6.45, 7) is 3.87. The number of hydroxylamine groups is 1. The number of unbranched alkanes of at least 4 members (excludes halogenated alkanes) is 1. The predicted octanol–water partition coefficient (Wildman–Crippen LogP) is 0.273. The number of hydrogen-bond donors (Lipinski definition) is 3. The third-order valence-corrected chi connectivity index (χ3v) is 5.18. The van der Waals surface area contributed by atoms with Gasteiger partial charge in [-0.2, -0.15) is 0 Å². The quantitative estimate of drug-likeness (QED) is 0.449. The van der Waals surface area contributed by atoms with E-state index in [2.05, 4.69) is 0 Å². The number of carbonyl (C=O) groups is 3. The third kappa shape index (κ3) is 4.49. The van der Waals surface area contributed by atoms with Gasteiger partial charge in [-0.05, 0) is 32.1 Å². The average Bonchev–Trinajstić information content (AvgIpc) is 3.31. The van der Waals surface area contributed by atoms with Crippen molar-refractivity contribution in [3.63, 3.8) is 0 Å². The summed E-state index contributed by atoms with van der Waals surface area (Å²) in [5.74, 6) is -2.34. The van der Waals surface area contributed by atoms with Gasteiger partial charge in [-0.3, -0.25) is 19.6 Å². The van der Waals surface area contributed by atoms with Crippen LogP contribution in [-0.4, -0.2) is 69.6 Å². The zero-order valence-electron chi connectivity index (χ0n) is 14.8. The van der Waals surface area contributed by atoms with E-state index in [9.17, 15) is 19.5 Å². The molecule has 0 saturated carbocycles. The second-order valence-electron chi connectivity index (χ2n) is 6.89. The van der Waals surface area contributed by atoms with Crippen molar-refractivity contribution in [2.24, 2.45) is 5.92 Å². The van der Waals surface area contributed by atoms with Gasteiger partial charge in [0.25, 0.3) is 5.91 Å². The molecular weight excluding hydrogens is 326 g/mol. The summed E-state index contributed by atoms with van der Waals surface area (Å²) in [6, 6.07) is -0.501. The Kier molecular flexibility index (Phi) is 7.19. The first-order valence-corrected chi connectivity index (χ1v) is 9.22. The Hall–Kier alpha value is -1.67. The van der Waals surface area contributed by atoms with E-state index in [0.717, 1.165) is 38.8 Å². The number of likely N-dealkylation sites (tertiary alicyclic amines) is 2. The molecule has 142 valence electrons. The molecule has 0 aromatic rings. The summed E-state index contributed by atoms with van der Waals surface area (Å²) in [6.07, 6.45) is 3.53. The van der Waals surface area contributed by atoms with Crippen molar-refractivity contribution in [3.05, 3.63) is 0 Å². The molecule has 0 radical (unpaired) electrons. The number of hydrogen-bond acceptors (Lipinski definition) is 5.